The van der Waals surface area contributed by atoms with Gasteiger partial charge in [0, 0.05) is 0 Å². The van der Waals surface area contributed by atoms with Crippen LogP contribution in [0.5, 0.6) is 11.5 Å². The van der Waals surface area contributed by atoms with Crippen molar-refractivity contribution in [1.29, 1.82) is 0 Å². The van der Waals surface area contributed by atoms with Crippen molar-refractivity contribution >= 4 is 12.4 Å². The molecule has 0 unspecified atom stereocenters. The number of carbonyl (C=O) groups excluding carboxylic acids is 1. The standard InChI is InChI=1S/C16H20O8/c1-22-11-7-9(3-2-6-17)4-5-10(11)23-16-15(21)14(20)13(19)12(8-18)24-16/h2-7,12-16,18-21H,8H2,1H3/t12-,13-,14+,15-,16-/m0/s1. The molecule has 5 atom stereocenters. The summed E-state index contributed by atoms with van der Waals surface area (Å²) in [6.07, 6.45) is -3.31. The van der Waals surface area contributed by atoms with Crippen molar-refractivity contribution in [1.82, 2.24) is 0 Å². The molecule has 1 aliphatic rings. The van der Waals surface area contributed by atoms with Gasteiger partial charge in [-0.05, 0) is 23.8 Å². The number of hydrogen-bond acceptors (Lipinski definition) is 8. The normalized spacial score (nSPS) is 30.3. The first-order valence-electron chi connectivity index (χ1n) is 7.29. The largest absolute Gasteiger partial charge is 0.493 e. The fourth-order valence-corrected chi connectivity index (χ4v) is 2.33. The first kappa shape index (κ1) is 18.4. The van der Waals surface area contributed by atoms with E-state index in [0.29, 0.717) is 17.6 Å². The average Bonchev–Trinajstić information content (AvgIpc) is 2.61. The third-order valence-electron chi connectivity index (χ3n) is 3.65. The van der Waals surface area contributed by atoms with Crippen molar-refractivity contribution in [2.24, 2.45) is 0 Å². The van der Waals surface area contributed by atoms with Crippen LogP contribution in [0.3, 0.4) is 0 Å². The Kier molecular flexibility index (Phi) is 6.29. The molecule has 1 aliphatic heterocycles. The summed E-state index contributed by atoms with van der Waals surface area (Å²) in [5.41, 5.74) is 0.695. The first-order valence-corrected chi connectivity index (χ1v) is 7.29. The van der Waals surface area contributed by atoms with E-state index in [1.807, 2.05) is 0 Å². The van der Waals surface area contributed by atoms with Gasteiger partial charge in [0.25, 0.3) is 0 Å². The molecule has 8 nitrogen and oxygen atoms in total. The van der Waals surface area contributed by atoms with E-state index < -0.39 is 37.3 Å². The molecule has 1 saturated heterocycles. The number of allylic oxidation sites excluding steroid dienone is 1. The summed E-state index contributed by atoms with van der Waals surface area (Å²) in [6.45, 7) is -0.544. The molecule has 1 aromatic carbocycles. The molecule has 0 saturated carbocycles. The summed E-state index contributed by atoms with van der Waals surface area (Å²) in [7, 11) is 1.42. The molecule has 2 rings (SSSR count). The highest BCUT2D eigenvalue weighted by atomic mass is 16.7. The minimum Gasteiger partial charge on any atom is -0.493 e. The van der Waals surface area contributed by atoms with Crippen LogP contribution in [-0.4, -0.2) is 71.1 Å². The van der Waals surface area contributed by atoms with E-state index in [0.717, 1.165) is 0 Å². The smallest absolute Gasteiger partial charge is 0.229 e. The van der Waals surface area contributed by atoms with Crippen LogP contribution < -0.4 is 9.47 Å². The highest BCUT2D eigenvalue weighted by Gasteiger charge is 2.44. The number of aliphatic hydroxyl groups excluding tert-OH is 4. The number of aldehydes is 1. The lowest BCUT2D eigenvalue weighted by atomic mass is 9.99. The van der Waals surface area contributed by atoms with Gasteiger partial charge in [-0.2, -0.15) is 0 Å². The molecule has 0 bridgehead atoms. The fourth-order valence-electron chi connectivity index (χ4n) is 2.33. The Morgan fingerprint density at radius 1 is 1.17 bits per heavy atom. The van der Waals surface area contributed by atoms with Crippen LogP contribution in [0.1, 0.15) is 5.56 Å². The summed E-state index contributed by atoms with van der Waals surface area (Å²) in [4.78, 5) is 10.4. The van der Waals surface area contributed by atoms with Gasteiger partial charge in [-0.25, -0.2) is 0 Å². The van der Waals surface area contributed by atoms with E-state index in [9.17, 15) is 25.2 Å². The average molecular weight is 340 g/mol. The van der Waals surface area contributed by atoms with Gasteiger partial charge >= 0.3 is 0 Å². The van der Waals surface area contributed by atoms with E-state index >= 15 is 0 Å². The topological polar surface area (TPSA) is 126 Å². The minimum atomic E-state index is -1.53. The Morgan fingerprint density at radius 2 is 1.92 bits per heavy atom. The van der Waals surface area contributed by atoms with Crippen LogP contribution in [0.25, 0.3) is 6.08 Å². The predicted octanol–water partition coefficient (Wildman–Crippen LogP) is -0.914. The highest BCUT2D eigenvalue weighted by Crippen LogP contribution is 2.32. The molecule has 132 valence electrons. The second-order valence-electron chi connectivity index (χ2n) is 5.22. The van der Waals surface area contributed by atoms with Gasteiger partial charge in [0.05, 0.1) is 13.7 Å². The number of rotatable bonds is 6. The Bertz CT molecular complexity index is 585. The Labute approximate surface area is 138 Å². The fraction of sp³-hybridized carbons (Fsp3) is 0.438. The van der Waals surface area contributed by atoms with E-state index in [1.165, 1.54) is 13.2 Å². The molecule has 0 amide bonds. The second-order valence-corrected chi connectivity index (χ2v) is 5.22. The zero-order valence-electron chi connectivity index (χ0n) is 13.0. The molecule has 24 heavy (non-hydrogen) atoms. The van der Waals surface area contributed by atoms with Crippen molar-refractivity contribution in [3.8, 4) is 11.5 Å². The lowest BCUT2D eigenvalue weighted by Crippen LogP contribution is -2.60. The van der Waals surface area contributed by atoms with Gasteiger partial charge in [0.15, 0.2) is 11.5 Å². The van der Waals surface area contributed by atoms with Crippen molar-refractivity contribution in [2.45, 2.75) is 30.7 Å². The van der Waals surface area contributed by atoms with E-state index in [4.69, 9.17) is 14.2 Å². The summed E-state index contributed by atoms with van der Waals surface area (Å²) >= 11 is 0. The van der Waals surface area contributed by atoms with E-state index in [2.05, 4.69) is 0 Å². The van der Waals surface area contributed by atoms with Gasteiger partial charge in [0.2, 0.25) is 6.29 Å². The van der Waals surface area contributed by atoms with Crippen molar-refractivity contribution in [3.05, 3.63) is 29.8 Å². The molecule has 1 aromatic rings. The number of carbonyl (C=O) groups is 1. The maximum atomic E-state index is 10.4. The SMILES string of the molecule is COc1cc(C=CC=O)ccc1O[C@H]1O[C@@H](CO)[C@H](O)[C@@H](O)[C@@H]1O. The number of benzene rings is 1. The molecule has 0 aliphatic carbocycles. The Hall–Kier alpha value is -1.97. The summed E-state index contributed by atoms with van der Waals surface area (Å²) in [5, 5.41) is 38.7. The quantitative estimate of drug-likeness (QED) is 0.387. The van der Waals surface area contributed by atoms with Crippen LogP contribution >= 0.6 is 0 Å². The van der Waals surface area contributed by atoms with E-state index in [1.54, 1.807) is 24.3 Å². The van der Waals surface area contributed by atoms with Gasteiger partial charge < -0.3 is 34.6 Å². The van der Waals surface area contributed by atoms with Gasteiger partial charge in [-0.3, -0.25) is 4.79 Å². The van der Waals surface area contributed by atoms with Crippen molar-refractivity contribution < 1.29 is 39.4 Å². The highest BCUT2D eigenvalue weighted by molar-refractivity contribution is 5.74. The molecule has 1 fully saturated rings. The maximum absolute atomic E-state index is 10.4. The predicted molar refractivity (Wildman–Crippen MR) is 82.5 cm³/mol. The lowest BCUT2D eigenvalue weighted by molar-refractivity contribution is -0.277. The van der Waals surface area contributed by atoms with Crippen LogP contribution in [0.2, 0.25) is 0 Å². The van der Waals surface area contributed by atoms with E-state index in [-0.39, 0.29) is 5.75 Å². The van der Waals surface area contributed by atoms with Crippen LogP contribution in [-0.2, 0) is 9.53 Å². The molecular weight excluding hydrogens is 320 g/mol. The monoisotopic (exact) mass is 340 g/mol. The van der Waals surface area contributed by atoms with Crippen molar-refractivity contribution in [2.75, 3.05) is 13.7 Å². The second kappa shape index (κ2) is 8.22. The third-order valence-corrected chi connectivity index (χ3v) is 3.65. The van der Waals surface area contributed by atoms with Crippen molar-refractivity contribution in [3.63, 3.8) is 0 Å². The summed E-state index contributed by atoms with van der Waals surface area (Å²) in [5.74, 6) is 0.546. The van der Waals surface area contributed by atoms with Crippen LogP contribution in [0.15, 0.2) is 24.3 Å². The molecule has 0 radical (unpaired) electrons. The lowest BCUT2D eigenvalue weighted by Gasteiger charge is -2.39. The minimum absolute atomic E-state index is 0.227. The molecule has 0 spiro atoms. The Balaban J connectivity index is 2.20. The number of methoxy groups -OCH3 is 1. The first-order chi connectivity index (χ1) is 11.5. The van der Waals surface area contributed by atoms with Gasteiger partial charge in [-0.15, -0.1) is 0 Å². The van der Waals surface area contributed by atoms with Gasteiger partial charge in [0.1, 0.15) is 30.7 Å². The van der Waals surface area contributed by atoms with Gasteiger partial charge in [-0.1, -0.05) is 12.1 Å². The summed E-state index contributed by atoms with van der Waals surface area (Å²) in [6, 6.07) is 4.81. The molecule has 0 aromatic heterocycles. The summed E-state index contributed by atoms with van der Waals surface area (Å²) < 4.78 is 16.0. The molecule has 8 heteroatoms. The number of hydrogen-bond donors (Lipinski definition) is 4. The molecule has 4 N–H and O–H groups in total. The number of aliphatic hydroxyl groups is 4. The zero-order valence-corrected chi connectivity index (χ0v) is 13.0. The third kappa shape index (κ3) is 3.92. The Morgan fingerprint density at radius 3 is 2.54 bits per heavy atom. The number of ether oxygens (including phenoxy) is 3. The maximum Gasteiger partial charge on any atom is 0.229 e. The zero-order chi connectivity index (χ0) is 17.7. The van der Waals surface area contributed by atoms with Crippen LogP contribution in [0, 0.1) is 0 Å². The molecular formula is C16H20O8. The molecule has 1 heterocycles. The van der Waals surface area contributed by atoms with Crippen LogP contribution in [0.4, 0.5) is 0 Å².